The van der Waals surface area contributed by atoms with Crippen molar-refractivity contribution in [1.82, 2.24) is 5.32 Å². The fourth-order valence-corrected chi connectivity index (χ4v) is 2.69. The summed E-state index contributed by atoms with van der Waals surface area (Å²) < 4.78 is 16.4. The van der Waals surface area contributed by atoms with Gasteiger partial charge in [-0.3, -0.25) is 0 Å². The molecule has 0 aromatic heterocycles. The third kappa shape index (κ3) is 5.25. The van der Waals surface area contributed by atoms with Gasteiger partial charge in [-0.1, -0.05) is 6.92 Å². The van der Waals surface area contributed by atoms with Crippen LogP contribution in [0.4, 0.5) is 0 Å². The molecule has 0 spiro atoms. The van der Waals surface area contributed by atoms with Crippen molar-refractivity contribution in [2.45, 2.75) is 58.3 Å². The average Bonchev–Trinajstić information content (AvgIpc) is 2.89. The summed E-state index contributed by atoms with van der Waals surface area (Å²) in [5, 5.41) is 3.38. The molecule has 6 nitrogen and oxygen atoms in total. The van der Waals surface area contributed by atoms with Gasteiger partial charge in [-0.05, 0) is 51.2 Å². The van der Waals surface area contributed by atoms with Gasteiger partial charge in [0.05, 0.1) is 13.2 Å². The van der Waals surface area contributed by atoms with Crippen LogP contribution in [-0.2, 0) is 19.0 Å². The Kier molecular flexibility index (Phi) is 6.07. The first-order valence-corrected chi connectivity index (χ1v) is 8.33. The maximum absolute atomic E-state index is 11.9. The Morgan fingerprint density at radius 1 is 1.48 bits per heavy atom. The monoisotopic (exact) mass is 324 g/mol. The second kappa shape index (κ2) is 7.84. The number of esters is 1. The van der Waals surface area contributed by atoms with E-state index in [0.29, 0.717) is 19.8 Å². The third-order valence-corrected chi connectivity index (χ3v) is 3.87. The molecule has 1 aliphatic heterocycles. The van der Waals surface area contributed by atoms with Gasteiger partial charge in [-0.2, -0.15) is 0 Å². The van der Waals surface area contributed by atoms with Crippen LogP contribution in [0.25, 0.3) is 0 Å². The summed E-state index contributed by atoms with van der Waals surface area (Å²) in [6, 6.07) is 0. The summed E-state index contributed by atoms with van der Waals surface area (Å²) in [5.74, 6) is -0.931. The molecule has 0 radical (unpaired) electrons. The standard InChI is InChI=1S/C17H28N2O4/c1-4-8-21-16(20)15(18)12-6-5-7-13(9-12)19-10-14-11-22-17(2,3)23-14/h9,14,19H,4-8,10-11,18H2,1-3H3/b15-12+. The molecule has 3 N–H and O–H groups in total. The molecule has 130 valence electrons. The van der Waals surface area contributed by atoms with Gasteiger partial charge in [-0.25, -0.2) is 4.79 Å². The molecule has 1 unspecified atom stereocenters. The van der Waals surface area contributed by atoms with Gasteiger partial charge in [0.1, 0.15) is 11.8 Å². The fraction of sp³-hybridized carbons (Fsp3) is 0.706. The van der Waals surface area contributed by atoms with Crippen LogP contribution in [0, 0.1) is 0 Å². The van der Waals surface area contributed by atoms with Crippen LogP contribution in [0.3, 0.4) is 0 Å². The highest BCUT2D eigenvalue weighted by Gasteiger charge is 2.32. The van der Waals surface area contributed by atoms with Gasteiger partial charge in [-0.15, -0.1) is 0 Å². The van der Waals surface area contributed by atoms with E-state index in [1.165, 1.54) is 0 Å². The van der Waals surface area contributed by atoms with E-state index in [1.807, 2.05) is 26.8 Å². The lowest BCUT2D eigenvalue weighted by Crippen LogP contribution is -2.31. The van der Waals surface area contributed by atoms with E-state index >= 15 is 0 Å². The Hall–Kier alpha value is -1.53. The summed E-state index contributed by atoms with van der Waals surface area (Å²) in [4.78, 5) is 11.9. The van der Waals surface area contributed by atoms with E-state index in [9.17, 15) is 4.79 Å². The van der Waals surface area contributed by atoms with Crippen molar-refractivity contribution in [2.75, 3.05) is 19.8 Å². The lowest BCUT2D eigenvalue weighted by atomic mass is 9.97. The van der Waals surface area contributed by atoms with Crippen molar-refractivity contribution in [3.8, 4) is 0 Å². The number of carbonyl (C=O) groups excluding carboxylic acids is 1. The number of nitrogens with one attached hydrogen (secondary N) is 1. The highest BCUT2D eigenvalue weighted by atomic mass is 16.7. The first-order valence-electron chi connectivity index (χ1n) is 8.33. The van der Waals surface area contributed by atoms with E-state index < -0.39 is 11.8 Å². The summed E-state index contributed by atoms with van der Waals surface area (Å²) in [5.41, 5.74) is 8.08. The molecule has 1 atom stereocenters. The Bertz CT molecular complexity index is 497. The minimum atomic E-state index is -0.508. The quantitative estimate of drug-likeness (QED) is 0.574. The van der Waals surface area contributed by atoms with Gasteiger partial charge >= 0.3 is 5.97 Å². The van der Waals surface area contributed by atoms with Gasteiger partial charge in [0.2, 0.25) is 0 Å². The first kappa shape index (κ1) is 17.8. The summed E-state index contributed by atoms with van der Waals surface area (Å²) in [6.07, 6.45) is 5.49. The topological polar surface area (TPSA) is 82.8 Å². The van der Waals surface area contributed by atoms with E-state index in [0.717, 1.165) is 37.0 Å². The minimum absolute atomic E-state index is 0.0344. The number of hydrogen-bond donors (Lipinski definition) is 2. The Morgan fingerprint density at radius 2 is 2.26 bits per heavy atom. The molecule has 0 bridgehead atoms. The fourth-order valence-electron chi connectivity index (χ4n) is 2.69. The van der Waals surface area contributed by atoms with E-state index in [4.69, 9.17) is 19.9 Å². The van der Waals surface area contributed by atoms with Crippen LogP contribution in [-0.4, -0.2) is 37.6 Å². The van der Waals surface area contributed by atoms with Crippen LogP contribution in [0.5, 0.6) is 0 Å². The molecule has 0 aromatic rings. The molecule has 2 rings (SSSR count). The van der Waals surface area contributed by atoms with Gasteiger partial charge < -0.3 is 25.3 Å². The van der Waals surface area contributed by atoms with Crippen LogP contribution in [0.1, 0.15) is 46.5 Å². The number of ether oxygens (including phenoxy) is 3. The smallest absolute Gasteiger partial charge is 0.354 e. The molecular weight excluding hydrogens is 296 g/mol. The maximum Gasteiger partial charge on any atom is 0.354 e. The normalized spacial score (nSPS) is 25.7. The molecule has 0 amide bonds. The van der Waals surface area contributed by atoms with Crippen molar-refractivity contribution >= 4 is 5.97 Å². The third-order valence-electron chi connectivity index (χ3n) is 3.87. The zero-order valence-electron chi connectivity index (χ0n) is 14.3. The predicted octanol–water partition coefficient (Wildman–Crippen LogP) is 1.96. The second-order valence-electron chi connectivity index (χ2n) is 6.43. The van der Waals surface area contributed by atoms with E-state index in [2.05, 4.69) is 5.32 Å². The zero-order chi connectivity index (χ0) is 16.9. The van der Waals surface area contributed by atoms with Gasteiger partial charge in [0.25, 0.3) is 0 Å². The van der Waals surface area contributed by atoms with E-state index in [-0.39, 0.29) is 11.8 Å². The summed E-state index contributed by atoms with van der Waals surface area (Å²) in [7, 11) is 0. The van der Waals surface area contributed by atoms with Gasteiger partial charge in [0, 0.05) is 12.2 Å². The minimum Gasteiger partial charge on any atom is -0.461 e. The van der Waals surface area contributed by atoms with Crippen molar-refractivity contribution in [3.63, 3.8) is 0 Å². The Morgan fingerprint density at radius 3 is 2.91 bits per heavy atom. The maximum atomic E-state index is 11.9. The van der Waals surface area contributed by atoms with Crippen molar-refractivity contribution < 1.29 is 19.0 Å². The summed E-state index contributed by atoms with van der Waals surface area (Å²) in [6.45, 7) is 7.45. The lowest BCUT2D eigenvalue weighted by molar-refractivity contribution is -0.139. The first-order chi connectivity index (χ1) is 10.9. The molecule has 23 heavy (non-hydrogen) atoms. The summed E-state index contributed by atoms with van der Waals surface area (Å²) >= 11 is 0. The SMILES string of the molecule is CCCOC(=O)/C(N)=C1\C=C(NCC2COC(C)(C)O2)CCC1. The molecule has 1 saturated heterocycles. The van der Waals surface area contributed by atoms with Gasteiger partial charge in [0.15, 0.2) is 5.79 Å². The predicted molar refractivity (Wildman–Crippen MR) is 87.3 cm³/mol. The molecule has 1 fully saturated rings. The molecule has 0 saturated carbocycles. The second-order valence-corrected chi connectivity index (χ2v) is 6.43. The van der Waals surface area contributed by atoms with Crippen molar-refractivity contribution in [1.29, 1.82) is 0 Å². The molecule has 1 aliphatic carbocycles. The Balaban J connectivity index is 1.92. The number of hydrogen-bond acceptors (Lipinski definition) is 6. The van der Waals surface area contributed by atoms with Crippen molar-refractivity contribution in [3.05, 3.63) is 23.0 Å². The highest BCUT2D eigenvalue weighted by molar-refractivity contribution is 5.88. The molecule has 2 aliphatic rings. The number of nitrogens with two attached hydrogens (primary N) is 1. The van der Waals surface area contributed by atoms with Crippen LogP contribution >= 0.6 is 0 Å². The van der Waals surface area contributed by atoms with Crippen LogP contribution < -0.4 is 11.1 Å². The lowest BCUT2D eigenvalue weighted by Gasteiger charge is -2.21. The number of rotatable bonds is 6. The molecule has 0 aromatic carbocycles. The van der Waals surface area contributed by atoms with Crippen LogP contribution in [0.15, 0.2) is 23.0 Å². The number of carbonyl (C=O) groups is 1. The van der Waals surface area contributed by atoms with E-state index in [1.54, 1.807) is 0 Å². The molecule has 6 heteroatoms. The largest absolute Gasteiger partial charge is 0.461 e. The molecule has 1 heterocycles. The van der Waals surface area contributed by atoms with Crippen LogP contribution in [0.2, 0.25) is 0 Å². The molecular formula is C17H28N2O4. The number of allylic oxidation sites excluding steroid dienone is 3. The highest BCUT2D eigenvalue weighted by Crippen LogP contribution is 2.24. The zero-order valence-corrected chi connectivity index (χ0v) is 14.3. The Labute approximate surface area is 138 Å². The van der Waals surface area contributed by atoms with Crippen molar-refractivity contribution in [2.24, 2.45) is 5.73 Å². The average molecular weight is 324 g/mol.